The van der Waals surface area contributed by atoms with Gasteiger partial charge in [0, 0.05) is 23.9 Å². The van der Waals surface area contributed by atoms with E-state index in [4.69, 9.17) is 21.7 Å². The SMILES string of the molecule is CCOC(=O)[C@]12C(=O)Oc3ccccc3[C@H]1[C@]1(NC2=S)C(=O)N(C)c2ccccc21. The summed E-state index contributed by atoms with van der Waals surface area (Å²) in [5.74, 6) is -2.60. The number of esters is 2. The van der Waals surface area contributed by atoms with Gasteiger partial charge >= 0.3 is 11.9 Å². The molecule has 0 aromatic heterocycles. The van der Waals surface area contributed by atoms with Crippen molar-refractivity contribution in [3.05, 3.63) is 59.7 Å². The monoisotopic (exact) mass is 422 g/mol. The Kier molecular flexibility index (Phi) is 3.82. The largest absolute Gasteiger partial charge is 0.465 e. The quantitative estimate of drug-likeness (QED) is 0.343. The molecule has 5 rings (SSSR count). The number of hydrogen-bond donors (Lipinski definition) is 1. The number of thiocarbonyl (C=S) groups is 1. The second kappa shape index (κ2) is 6.12. The Hall–Kier alpha value is -3.26. The second-order valence-corrected chi connectivity index (χ2v) is 7.94. The van der Waals surface area contributed by atoms with Crippen LogP contribution >= 0.6 is 12.2 Å². The normalized spacial score (nSPS) is 28.5. The Bertz CT molecular complexity index is 1150. The lowest BCUT2D eigenvalue weighted by Gasteiger charge is -2.39. The van der Waals surface area contributed by atoms with E-state index in [0.29, 0.717) is 22.6 Å². The number of carbonyl (C=O) groups excluding carboxylic acids is 3. The summed E-state index contributed by atoms with van der Waals surface area (Å²) in [5, 5.41) is 3.10. The Morgan fingerprint density at radius 1 is 1.20 bits per heavy atom. The van der Waals surface area contributed by atoms with Gasteiger partial charge in [-0.05, 0) is 19.1 Å². The van der Waals surface area contributed by atoms with Crippen molar-refractivity contribution in [3.8, 4) is 5.75 Å². The number of anilines is 1. The highest BCUT2D eigenvalue weighted by Crippen LogP contribution is 2.62. The molecule has 8 heteroatoms. The number of para-hydroxylation sites is 2. The van der Waals surface area contributed by atoms with Crippen molar-refractivity contribution in [3.63, 3.8) is 0 Å². The van der Waals surface area contributed by atoms with Crippen LogP contribution < -0.4 is 15.0 Å². The Balaban J connectivity index is 1.88. The molecule has 1 amide bonds. The summed E-state index contributed by atoms with van der Waals surface area (Å²) >= 11 is 5.57. The van der Waals surface area contributed by atoms with Crippen molar-refractivity contribution >= 4 is 40.7 Å². The number of nitrogens with zero attached hydrogens (tertiary/aromatic N) is 1. The molecule has 3 heterocycles. The van der Waals surface area contributed by atoms with E-state index in [0.717, 1.165) is 0 Å². The molecule has 2 aromatic carbocycles. The summed E-state index contributed by atoms with van der Waals surface area (Å²) in [4.78, 5) is 41.8. The van der Waals surface area contributed by atoms with Gasteiger partial charge < -0.3 is 19.7 Å². The number of benzene rings is 2. The number of carbonyl (C=O) groups is 3. The van der Waals surface area contributed by atoms with Crippen LogP contribution in [-0.4, -0.2) is 36.5 Å². The van der Waals surface area contributed by atoms with Crippen molar-refractivity contribution < 1.29 is 23.9 Å². The van der Waals surface area contributed by atoms with Crippen LogP contribution in [0.3, 0.4) is 0 Å². The highest BCUT2D eigenvalue weighted by atomic mass is 32.1. The smallest absolute Gasteiger partial charge is 0.336 e. The van der Waals surface area contributed by atoms with Gasteiger partial charge in [0.2, 0.25) is 5.41 Å². The van der Waals surface area contributed by atoms with Crippen molar-refractivity contribution in [1.29, 1.82) is 0 Å². The summed E-state index contributed by atoms with van der Waals surface area (Å²) < 4.78 is 10.9. The molecule has 152 valence electrons. The lowest BCUT2D eigenvalue weighted by atomic mass is 9.63. The second-order valence-electron chi connectivity index (χ2n) is 7.53. The number of likely N-dealkylation sites (N-methyl/N-ethyl adjacent to an activating group) is 1. The number of nitrogens with one attached hydrogen (secondary N) is 1. The van der Waals surface area contributed by atoms with Crippen LogP contribution in [0.15, 0.2) is 48.5 Å². The zero-order valence-corrected chi connectivity index (χ0v) is 17.1. The van der Waals surface area contributed by atoms with Crippen molar-refractivity contribution in [2.75, 3.05) is 18.6 Å². The Morgan fingerprint density at radius 3 is 2.67 bits per heavy atom. The van der Waals surface area contributed by atoms with Crippen molar-refractivity contribution in [2.24, 2.45) is 5.41 Å². The number of amides is 1. The third kappa shape index (κ3) is 1.94. The van der Waals surface area contributed by atoms with Crippen molar-refractivity contribution in [2.45, 2.75) is 18.4 Å². The molecule has 1 fully saturated rings. The fourth-order valence-corrected chi connectivity index (χ4v) is 5.45. The van der Waals surface area contributed by atoms with E-state index in [1.807, 2.05) is 24.3 Å². The summed E-state index contributed by atoms with van der Waals surface area (Å²) in [6, 6.07) is 14.2. The molecule has 1 N–H and O–H groups in total. The van der Waals surface area contributed by atoms with E-state index >= 15 is 0 Å². The zero-order valence-electron chi connectivity index (χ0n) is 16.3. The van der Waals surface area contributed by atoms with E-state index in [2.05, 4.69) is 5.32 Å². The number of hydrogen-bond acceptors (Lipinski definition) is 6. The Labute approximate surface area is 178 Å². The van der Waals surface area contributed by atoms with E-state index in [1.54, 1.807) is 38.2 Å². The van der Waals surface area contributed by atoms with Gasteiger partial charge in [-0.25, -0.2) is 4.79 Å². The molecule has 0 aliphatic carbocycles. The molecule has 3 aliphatic rings. The zero-order chi connectivity index (χ0) is 21.3. The first-order valence-corrected chi connectivity index (χ1v) is 10.00. The van der Waals surface area contributed by atoms with Crippen LogP contribution in [0.2, 0.25) is 0 Å². The molecule has 0 saturated carbocycles. The third-order valence-corrected chi connectivity index (χ3v) is 6.64. The Morgan fingerprint density at radius 2 is 1.90 bits per heavy atom. The molecule has 7 nitrogen and oxygen atoms in total. The minimum Gasteiger partial charge on any atom is -0.465 e. The number of ether oxygens (including phenoxy) is 2. The summed E-state index contributed by atoms with van der Waals surface area (Å²) in [6.07, 6.45) is 0. The molecule has 1 spiro atoms. The van der Waals surface area contributed by atoms with Crippen LogP contribution in [0.1, 0.15) is 24.0 Å². The topological polar surface area (TPSA) is 84.9 Å². The first-order valence-electron chi connectivity index (χ1n) is 9.59. The van der Waals surface area contributed by atoms with Crippen LogP contribution in [-0.2, 0) is 24.7 Å². The van der Waals surface area contributed by atoms with Crippen LogP contribution in [0, 0.1) is 5.41 Å². The van der Waals surface area contributed by atoms with Crippen LogP contribution in [0.4, 0.5) is 5.69 Å². The highest BCUT2D eigenvalue weighted by molar-refractivity contribution is 7.80. The van der Waals surface area contributed by atoms with E-state index in [1.165, 1.54) is 4.90 Å². The van der Waals surface area contributed by atoms with Gasteiger partial charge in [-0.2, -0.15) is 0 Å². The molecular weight excluding hydrogens is 404 g/mol. The lowest BCUT2D eigenvalue weighted by molar-refractivity contribution is -0.164. The van der Waals surface area contributed by atoms with Gasteiger partial charge in [0.25, 0.3) is 5.91 Å². The third-order valence-electron chi connectivity index (χ3n) is 6.22. The van der Waals surface area contributed by atoms with Crippen LogP contribution in [0.5, 0.6) is 5.75 Å². The van der Waals surface area contributed by atoms with Crippen LogP contribution in [0.25, 0.3) is 0 Å². The minimum atomic E-state index is -1.95. The van der Waals surface area contributed by atoms with Gasteiger partial charge in [0.1, 0.15) is 10.7 Å². The maximum Gasteiger partial charge on any atom is 0.336 e. The van der Waals surface area contributed by atoms with Gasteiger partial charge in [-0.1, -0.05) is 48.6 Å². The maximum atomic E-state index is 13.7. The number of fused-ring (bicyclic) bond motifs is 6. The summed E-state index contributed by atoms with van der Waals surface area (Å²) in [5.41, 5.74) is -1.48. The van der Waals surface area contributed by atoms with E-state index in [-0.39, 0.29) is 17.5 Å². The van der Waals surface area contributed by atoms with Gasteiger partial charge in [-0.3, -0.25) is 9.59 Å². The van der Waals surface area contributed by atoms with E-state index in [9.17, 15) is 14.4 Å². The fourth-order valence-electron chi connectivity index (χ4n) is 5.00. The molecule has 0 unspecified atom stereocenters. The van der Waals surface area contributed by atoms with E-state index < -0.39 is 28.8 Å². The highest BCUT2D eigenvalue weighted by Gasteiger charge is 2.77. The molecule has 3 aliphatic heterocycles. The predicted octanol–water partition coefficient (Wildman–Crippen LogP) is 2.04. The molecule has 1 saturated heterocycles. The first kappa shape index (κ1) is 18.7. The standard InChI is InChI=1S/C22H18N2O5S/c1-3-28-19(26)21-16(12-8-4-7-11-15(12)29-20(21)27)22(23-17(21)30)13-9-5-6-10-14(13)24(2)18(22)25/h4-11,16H,3H2,1-2H3,(H,23,30)/t16-,21+,22+/m1/s1. The predicted molar refractivity (Wildman–Crippen MR) is 111 cm³/mol. The molecular formula is C22H18N2O5S. The summed E-state index contributed by atoms with van der Waals surface area (Å²) in [7, 11) is 1.66. The first-order chi connectivity index (χ1) is 14.4. The lowest BCUT2D eigenvalue weighted by Crippen LogP contribution is -2.55. The average molecular weight is 422 g/mol. The van der Waals surface area contributed by atoms with Crippen molar-refractivity contribution in [1.82, 2.24) is 5.32 Å². The average Bonchev–Trinajstić information content (AvgIpc) is 3.15. The molecule has 0 bridgehead atoms. The molecule has 0 radical (unpaired) electrons. The van der Waals surface area contributed by atoms with Gasteiger partial charge in [0.05, 0.1) is 12.5 Å². The number of rotatable bonds is 2. The summed E-state index contributed by atoms with van der Waals surface area (Å²) in [6.45, 7) is 1.71. The molecule has 3 atom stereocenters. The van der Waals surface area contributed by atoms with Gasteiger partial charge in [0.15, 0.2) is 5.54 Å². The maximum absolute atomic E-state index is 13.7. The molecule has 30 heavy (non-hydrogen) atoms. The minimum absolute atomic E-state index is 0.0578. The fraction of sp³-hybridized carbons (Fsp3) is 0.273. The molecule has 2 aromatic rings. The van der Waals surface area contributed by atoms with Gasteiger partial charge in [-0.15, -0.1) is 0 Å².